The van der Waals surface area contributed by atoms with E-state index < -0.39 is 37.9 Å². The fourth-order valence-electron chi connectivity index (χ4n) is 3.29. The smallest absolute Gasteiger partial charge is 0.291 e. The molecule has 0 saturated heterocycles. The second kappa shape index (κ2) is 8.46. The highest BCUT2D eigenvalue weighted by atomic mass is 32.2. The van der Waals surface area contributed by atoms with Crippen molar-refractivity contribution in [2.24, 2.45) is 0 Å². The van der Waals surface area contributed by atoms with Gasteiger partial charge in [-0.3, -0.25) is 13.8 Å². The van der Waals surface area contributed by atoms with Gasteiger partial charge in [0.15, 0.2) is 0 Å². The topological polar surface area (TPSA) is 118 Å². The Kier molecular flexibility index (Phi) is 5.92. The summed E-state index contributed by atoms with van der Waals surface area (Å²) in [5, 5.41) is 10.3. The van der Waals surface area contributed by atoms with E-state index >= 15 is 0 Å². The van der Waals surface area contributed by atoms with Crippen LogP contribution in [0.3, 0.4) is 0 Å². The van der Waals surface area contributed by atoms with E-state index in [1.807, 2.05) is 0 Å². The molecule has 0 radical (unpaired) electrons. The summed E-state index contributed by atoms with van der Waals surface area (Å²) < 4.78 is 78.3. The minimum Gasteiger partial charge on any atom is -0.291 e. The van der Waals surface area contributed by atoms with Crippen LogP contribution in [0.25, 0.3) is 28.1 Å². The second-order valence-corrected chi connectivity index (χ2v) is 10.5. The number of hydrogen-bond acceptors (Lipinski definition) is 6. The Bertz CT molecular complexity index is 1530. The minimum absolute atomic E-state index is 0.183. The van der Waals surface area contributed by atoms with Crippen LogP contribution >= 0.6 is 0 Å². The first-order valence-electron chi connectivity index (χ1n) is 9.66. The van der Waals surface area contributed by atoms with Crippen molar-refractivity contribution in [1.82, 2.24) is 19.3 Å². The van der Waals surface area contributed by atoms with Crippen LogP contribution in [0, 0.1) is 11.3 Å². The molecule has 1 unspecified atom stereocenters. The fraction of sp³-hybridized carbons (Fsp3) is 0.190. The van der Waals surface area contributed by atoms with Gasteiger partial charge in [0.05, 0.1) is 32.6 Å². The molecule has 0 aromatic carbocycles. The number of sulfonamides is 1. The Hall–Kier alpha value is -3.34. The molecule has 1 N–H and O–H groups in total. The summed E-state index contributed by atoms with van der Waals surface area (Å²) in [5.41, 5.74) is 1.81. The standard InChI is InChI=1S/C21H16F3N5O3S2/c1-12(21(22,23)24)28-34(31,32)15-6-7-18(26-11-15)19-17(9-25)16-8-14(33(2)30)10-27-20(16)29(19)13-4-3-5-13/h3-8,10-12,28H,1-2H3/t12-,33?/m0/s1. The summed E-state index contributed by atoms with van der Waals surface area (Å²) in [6, 6.07) is 3.84. The van der Waals surface area contributed by atoms with Gasteiger partial charge in [0, 0.05) is 29.7 Å². The van der Waals surface area contributed by atoms with Crippen LogP contribution in [0.5, 0.6) is 0 Å². The first-order chi connectivity index (χ1) is 15.9. The first-order valence-corrected chi connectivity index (χ1v) is 12.7. The number of nitrogens with one attached hydrogen (secondary N) is 1. The molecule has 1 aliphatic carbocycles. The number of fused-ring (bicyclic) bond motifs is 1. The molecule has 0 amide bonds. The summed E-state index contributed by atoms with van der Waals surface area (Å²) in [6.07, 6.45) is 4.44. The van der Waals surface area contributed by atoms with Gasteiger partial charge in [0.1, 0.15) is 22.7 Å². The highest BCUT2D eigenvalue weighted by Gasteiger charge is 2.39. The number of nitriles is 1. The van der Waals surface area contributed by atoms with E-state index in [1.54, 1.807) is 33.6 Å². The lowest BCUT2D eigenvalue weighted by atomic mass is 10.1. The molecular formula is C21H16F3N5O3S2. The van der Waals surface area contributed by atoms with E-state index in [9.17, 15) is 31.1 Å². The number of aromatic nitrogens is 3. The maximum Gasteiger partial charge on any atom is 0.404 e. The Balaban J connectivity index is 1.84. The molecule has 176 valence electrons. The minimum atomic E-state index is -4.75. The predicted molar refractivity (Wildman–Crippen MR) is 119 cm³/mol. The summed E-state index contributed by atoms with van der Waals surface area (Å²) in [5.74, 6) is 0. The molecule has 3 aromatic heterocycles. The zero-order valence-electron chi connectivity index (χ0n) is 17.7. The van der Waals surface area contributed by atoms with Crippen molar-refractivity contribution >= 4 is 37.6 Å². The van der Waals surface area contributed by atoms with Gasteiger partial charge in [-0.15, -0.1) is 0 Å². The monoisotopic (exact) mass is 507 g/mol. The normalized spacial score (nSPS) is 15.5. The predicted octanol–water partition coefficient (Wildman–Crippen LogP) is 3.35. The van der Waals surface area contributed by atoms with E-state index in [4.69, 9.17) is 0 Å². The van der Waals surface area contributed by atoms with Crippen molar-refractivity contribution < 1.29 is 25.8 Å². The number of alkyl halides is 3. The molecular weight excluding hydrogens is 491 g/mol. The number of hydrogen-bond donors (Lipinski definition) is 1. The lowest BCUT2D eigenvalue weighted by molar-refractivity contribution is -0.147. The zero-order valence-corrected chi connectivity index (χ0v) is 19.3. The van der Waals surface area contributed by atoms with Gasteiger partial charge in [-0.2, -0.15) is 23.2 Å². The van der Waals surface area contributed by atoms with Crippen molar-refractivity contribution in [3.8, 4) is 17.5 Å². The van der Waals surface area contributed by atoms with Crippen LogP contribution in [0.4, 0.5) is 13.2 Å². The van der Waals surface area contributed by atoms with E-state index in [2.05, 4.69) is 16.0 Å². The fourth-order valence-corrected chi connectivity index (χ4v) is 4.95. The maximum atomic E-state index is 12.8. The lowest BCUT2D eigenvalue weighted by Crippen LogP contribution is -2.42. The molecule has 2 atom stereocenters. The summed E-state index contributed by atoms with van der Waals surface area (Å²) >= 11 is 0. The summed E-state index contributed by atoms with van der Waals surface area (Å²) in [6.45, 7) is 0.696. The molecule has 13 heteroatoms. The third-order valence-corrected chi connectivity index (χ3v) is 7.54. The average molecular weight is 508 g/mol. The van der Waals surface area contributed by atoms with Gasteiger partial charge in [-0.1, -0.05) is 6.08 Å². The van der Waals surface area contributed by atoms with Crippen molar-refractivity contribution in [1.29, 1.82) is 5.26 Å². The Morgan fingerprint density at radius 1 is 1.24 bits per heavy atom. The Labute approximate surface area is 195 Å². The molecule has 0 bridgehead atoms. The van der Waals surface area contributed by atoms with Crippen molar-refractivity contribution in [3.63, 3.8) is 0 Å². The number of nitrogens with zero attached hydrogens (tertiary/aromatic N) is 4. The lowest BCUT2D eigenvalue weighted by Gasteiger charge is -2.17. The SMILES string of the molecule is C[C@H](NS(=O)(=O)c1ccc(-c2c(C#N)c3cc(S(C)=O)cnc3n2C2=CC=C2)nc1)C(F)(F)F. The third kappa shape index (κ3) is 4.15. The quantitative estimate of drug-likeness (QED) is 0.547. The van der Waals surface area contributed by atoms with Crippen LogP contribution in [0.1, 0.15) is 12.5 Å². The number of halogens is 3. The molecule has 1 aliphatic rings. The van der Waals surface area contributed by atoms with Gasteiger partial charge < -0.3 is 0 Å². The summed E-state index contributed by atoms with van der Waals surface area (Å²) in [4.78, 5) is 8.47. The molecule has 0 fully saturated rings. The third-order valence-electron chi connectivity index (χ3n) is 5.13. The van der Waals surface area contributed by atoms with Crippen LogP contribution in [0.15, 0.2) is 58.6 Å². The van der Waals surface area contributed by atoms with Crippen LogP contribution in [-0.2, 0) is 20.8 Å². The number of pyridine rings is 2. The van der Waals surface area contributed by atoms with Gasteiger partial charge in [0.25, 0.3) is 0 Å². The molecule has 8 nitrogen and oxygen atoms in total. The van der Waals surface area contributed by atoms with Crippen molar-refractivity contribution in [3.05, 3.63) is 54.4 Å². The molecule has 0 aliphatic heterocycles. The second-order valence-electron chi connectivity index (χ2n) is 7.38. The van der Waals surface area contributed by atoms with Gasteiger partial charge in [0.2, 0.25) is 10.0 Å². The van der Waals surface area contributed by atoms with Crippen molar-refractivity contribution in [2.45, 2.75) is 28.9 Å². The van der Waals surface area contributed by atoms with Gasteiger partial charge >= 0.3 is 6.18 Å². The Morgan fingerprint density at radius 3 is 2.44 bits per heavy atom. The maximum absolute atomic E-state index is 12.8. The van der Waals surface area contributed by atoms with Crippen LogP contribution in [0.2, 0.25) is 0 Å². The largest absolute Gasteiger partial charge is 0.404 e. The number of rotatable bonds is 6. The molecule has 3 heterocycles. The van der Waals surface area contributed by atoms with E-state index in [0.717, 1.165) is 12.3 Å². The molecule has 34 heavy (non-hydrogen) atoms. The highest BCUT2D eigenvalue weighted by molar-refractivity contribution is 7.89. The molecule has 0 spiro atoms. The Morgan fingerprint density at radius 2 is 1.94 bits per heavy atom. The van der Waals surface area contributed by atoms with Crippen LogP contribution < -0.4 is 4.72 Å². The zero-order chi connectivity index (χ0) is 24.8. The van der Waals surface area contributed by atoms with Crippen LogP contribution in [-0.4, -0.2) is 45.6 Å². The van der Waals surface area contributed by atoms with E-state index in [-0.39, 0.29) is 11.3 Å². The molecule has 0 saturated carbocycles. The first kappa shape index (κ1) is 23.8. The summed E-state index contributed by atoms with van der Waals surface area (Å²) in [7, 11) is -5.83. The molecule has 3 aromatic rings. The van der Waals surface area contributed by atoms with Gasteiger partial charge in [-0.25, -0.2) is 13.4 Å². The van der Waals surface area contributed by atoms with Crippen molar-refractivity contribution in [2.75, 3.05) is 6.26 Å². The van der Waals surface area contributed by atoms with E-state index in [1.165, 1.54) is 18.5 Å². The average Bonchev–Trinajstić information content (AvgIpc) is 3.05. The van der Waals surface area contributed by atoms with E-state index in [0.29, 0.717) is 34.2 Å². The molecule has 4 rings (SSSR count). The number of allylic oxidation sites excluding steroid dienone is 4. The van der Waals surface area contributed by atoms with Gasteiger partial charge in [-0.05, 0) is 37.3 Å². The highest BCUT2D eigenvalue weighted by Crippen LogP contribution is 2.36.